The highest BCUT2D eigenvalue weighted by Gasteiger charge is 2.57. The molecule has 1 heterocycles. The van der Waals surface area contributed by atoms with Gasteiger partial charge in [-0.2, -0.15) is 0 Å². The molecule has 346 valence electrons. The molecule has 0 amide bonds. The van der Waals surface area contributed by atoms with Crippen LogP contribution in [0.15, 0.2) is 283 Å². The topological polar surface area (TPSA) is 16.4 Å². The third-order valence-corrected chi connectivity index (χ3v) is 17.2. The van der Waals surface area contributed by atoms with Gasteiger partial charge in [0.1, 0.15) is 11.2 Å². The van der Waals surface area contributed by atoms with Gasteiger partial charge in [-0.3, -0.25) is 0 Å². The van der Waals surface area contributed by atoms with E-state index in [1.165, 1.54) is 72.1 Å². The molecule has 0 fully saturated rings. The average Bonchev–Trinajstić information content (AvgIpc) is 4.19. The largest absolute Gasteiger partial charge is 0.455 e. The van der Waals surface area contributed by atoms with Crippen LogP contribution >= 0.6 is 0 Å². The number of fused-ring (bicyclic) bond motifs is 18. The van der Waals surface area contributed by atoms with Crippen LogP contribution in [0.4, 0.5) is 11.4 Å². The number of allylic oxidation sites excluding steroid dienone is 3. The van der Waals surface area contributed by atoms with E-state index in [1.807, 2.05) is 0 Å². The van der Waals surface area contributed by atoms with Gasteiger partial charge in [-0.25, -0.2) is 0 Å². The van der Waals surface area contributed by atoms with Crippen molar-refractivity contribution < 1.29 is 4.42 Å². The second kappa shape index (κ2) is 15.6. The minimum Gasteiger partial charge on any atom is -0.455 e. The minimum atomic E-state index is -0.566. The summed E-state index contributed by atoms with van der Waals surface area (Å²) in [5.74, 6) is 0.254. The van der Waals surface area contributed by atoms with Crippen LogP contribution in [0.1, 0.15) is 50.4 Å². The summed E-state index contributed by atoms with van der Waals surface area (Å²) in [5.41, 5.74) is 22.3. The number of hydrogen-bond donors (Lipinski definition) is 0. The lowest BCUT2D eigenvalue weighted by molar-refractivity contribution is 0.462. The molecule has 1 spiro atoms. The maximum absolute atomic E-state index is 6.71. The van der Waals surface area contributed by atoms with Crippen molar-refractivity contribution in [1.29, 1.82) is 0 Å². The van der Waals surface area contributed by atoms with E-state index in [-0.39, 0.29) is 11.8 Å². The van der Waals surface area contributed by atoms with Crippen molar-refractivity contribution in [3.8, 4) is 33.4 Å². The summed E-state index contributed by atoms with van der Waals surface area (Å²) in [7, 11) is 0. The van der Waals surface area contributed by atoms with Crippen LogP contribution in [0.5, 0.6) is 0 Å². The lowest BCUT2D eigenvalue weighted by Gasteiger charge is -2.39. The first kappa shape index (κ1) is 41.4. The van der Waals surface area contributed by atoms with E-state index in [0.717, 1.165) is 55.5 Å². The van der Waals surface area contributed by atoms with Crippen molar-refractivity contribution in [1.82, 2.24) is 0 Å². The Bertz CT molecular complexity index is 4260. The Balaban J connectivity index is 0.982. The number of anilines is 2. The molecule has 0 N–H and O–H groups in total. The zero-order valence-corrected chi connectivity index (χ0v) is 40.5. The summed E-state index contributed by atoms with van der Waals surface area (Å²) in [5, 5.41) is 4.54. The number of benzene rings is 11. The van der Waals surface area contributed by atoms with E-state index in [4.69, 9.17) is 4.42 Å². The van der Waals surface area contributed by atoms with Crippen LogP contribution in [0.3, 0.4) is 0 Å². The van der Waals surface area contributed by atoms with Gasteiger partial charge in [0.15, 0.2) is 0 Å². The molecule has 4 aliphatic rings. The highest BCUT2D eigenvalue weighted by Crippen LogP contribution is 2.66. The van der Waals surface area contributed by atoms with Crippen molar-refractivity contribution in [2.75, 3.05) is 4.90 Å². The molecule has 74 heavy (non-hydrogen) atoms. The molecule has 2 heteroatoms. The molecule has 0 saturated heterocycles. The first-order valence-corrected chi connectivity index (χ1v) is 26.0. The van der Waals surface area contributed by atoms with Gasteiger partial charge < -0.3 is 9.32 Å². The molecule has 0 aliphatic heterocycles. The number of para-hydroxylation sites is 1. The van der Waals surface area contributed by atoms with Gasteiger partial charge in [0.05, 0.1) is 22.2 Å². The molecule has 12 aromatic rings. The van der Waals surface area contributed by atoms with E-state index < -0.39 is 10.8 Å². The Labute approximate surface area is 430 Å². The molecule has 1 aromatic heterocycles. The van der Waals surface area contributed by atoms with Crippen LogP contribution in [-0.2, 0) is 10.8 Å². The van der Waals surface area contributed by atoms with Crippen molar-refractivity contribution in [3.05, 3.63) is 323 Å². The Hall–Kier alpha value is -9.24. The lowest BCUT2D eigenvalue weighted by atomic mass is 9.65. The summed E-state index contributed by atoms with van der Waals surface area (Å²) >= 11 is 0. The maximum atomic E-state index is 6.71. The number of rotatable bonds is 6. The summed E-state index contributed by atoms with van der Waals surface area (Å²) < 4.78 is 6.71. The summed E-state index contributed by atoms with van der Waals surface area (Å²) in [4.78, 5) is 2.61. The molecular formula is C72H47NO. The van der Waals surface area contributed by atoms with Crippen molar-refractivity contribution in [3.63, 3.8) is 0 Å². The third-order valence-electron chi connectivity index (χ3n) is 17.2. The fourth-order valence-electron chi connectivity index (χ4n) is 14.4. The van der Waals surface area contributed by atoms with E-state index in [1.54, 1.807) is 0 Å². The second-order valence-electron chi connectivity index (χ2n) is 20.5. The van der Waals surface area contributed by atoms with E-state index in [0.29, 0.717) is 0 Å². The molecule has 11 aromatic carbocycles. The molecule has 16 rings (SSSR count). The standard InChI is InChI=1S/C72H47NO/c1-3-21-48(22-4-1)71(49-23-5-2-6-24-49)63-34-17-12-30-58(63)69-64(71)35-19-37-67(69)73(66-36-18-13-25-51(66)47-39-43-68-59(44-47)57-41-38-46-20-7-8-26-52(46)70(57)74-68)50-40-42-56-55-29-11-16-33-62(55)72(65(56)45-50)60-31-14-9-27-53(60)54-28-10-15-32-61(54)72/h1-45,56,65H. The van der Waals surface area contributed by atoms with Gasteiger partial charge >= 0.3 is 0 Å². The molecule has 0 bridgehead atoms. The third kappa shape index (κ3) is 5.44. The van der Waals surface area contributed by atoms with Crippen LogP contribution in [-0.4, -0.2) is 0 Å². The maximum Gasteiger partial charge on any atom is 0.143 e. The van der Waals surface area contributed by atoms with E-state index >= 15 is 0 Å². The fourth-order valence-corrected chi connectivity index (χ4v) is 14.4. The molecule has 2 atom stereocenters. The second-order valence-corrected chi connectivity index (χ2v) is 20.5. The smallest absolute Gasteiger partial charge is 0.143 e. The number of nitrogens with zero attached hydrogens (tertiary/aromatic N) is 1. The molecule has 4 aliphatic carbocycles. The lowest BCUT2D eigenvalue weighted by Crippen LogP contribution is -2.34. The Kier molecular flexibility index (Phi) is 8.74. The predicted molar refractivity (Wildman–Crippen MR) is 304 cm³/mol. The van der Waals surface area contributed by atoms with Crippen LogP contribution in [0.25, 0.3) is 66.1 Å². The van der Waals surface area contributed by atoms with Crippen LogP contribution < -0.4 is 4.90 Å². The van der Waals surface area contributed by atoms with Gasteiger partial charge in [-0.1, -0.05) is 237 Å². The molecule has 2 nitrogen and oxygen atoms in total. The van der Waals surface area contributed by atoms with Crippen LogP contribution in [0, 0.1) is 5.92 Å². The van der Waals surface area contributed by atoms with Gasteiger partial charge in [0, 0.05) is 44.8 Å². The predicted octanol–water partition coefficient (Wildman–Crippen LogP) is 18.1. The highest BCUT2D eigenvalue weighted by molar-refractivity contribution is 6.16. The van der Waals surface area contributed by atoms with Crippen molar-refractivity contribution in [2.45, 2.75) is 16.7 Å². The normalized spacial score (nSPS) is 16.9. The van der Waals surface area contributed by atoms with Crippen molar-refractivity contribution in [2.24, 2.45) is 5.92 Å². The SMILES string of the molecule is C1=CC2c3ccccc3C3(c4ccccc4-c4ccccc43)C2C=C1N(c1ccccc1-c1ccc2oc3c4ccccc4ccc3c2c1)c1cccc2c1-c1ccccc1C2(c1ccccc1)c1ccccc1. The fraction of sp³-hybridized carbons (Fsp3) is 0.0556. The minimum absolute atomic E-state index is 0.0830. The van der Waals surface area contributed by atoms with Gasteiger partial charge in [0.2, 0.25) is 0 Å². The molecular weight excluding hydrogens is 895 g/mol. The Morgan fingerprint density at radius 3 is 1.76 bits per heavy atom. The van der Waals surface area contributed by atoms with E-state index in [9.17, 15) is 0 Å². The zero-order valence-electron chi connectivity index (χ0n) is 40.5. The van der Waals surface area contributed by atoms with Gasteiger partial charge in [-0.15, -0.1) is 0 Å². The van der Waals surface area contributed by atoms with Gasteiger partial charge in [0.25, 0.3) is 0 Å². The summed E-state index contributed by atoms with van der Waals surface area (Å²) in [6.45, 7) is 0. The first-order valence-electron chi connectivity index (χ1n) is 26.0. The highest BCUT2D eigenvalue weighted by atomic mass is 16.3. The van der Waals surface area contributed by atoms with Gasteiger partial charge in [-0.05, 0) is 109 Å². The van der Waals surface area contributed by atoms with E-state index in [2.05, 4.69) is 278 Å². The molecule has 0 radical (unpaired) electrons. The monoisotopic (exact) mass is 941 g/mol. The molecule has 2 unspecified atom stereocenters. The average molecular weight is 942 g/mol. The number of furan rings is 1. The summed E-state index contributed by atoms with van der Waals surface area (Å²) in [6, 6.07) is 95.0. The number of hydrogen-bond acceptors (Lipinski definition) is 2. The quantitative estimate of drug-likeness (QED) is 0.165. The molecule has 0 saturated carbocycles. The van der Waals surface area contributed by atoms with Crippen molar-refractivity contribution >= 4 is 44.1 Å². The first-order chi connectivity index (χ1) is 36.7. The Morgan fingerprint density at radius 2 is 1.00 bits per heavy atom. The van der Waals surface area contributed by atoms with Crippen LogP contribution in [0.2, 0.25) is 0 Å². The Morgan fingerprint density at radius 1 is 0.405 bits per heavy atom. The summed E-state index contributed by atoms with van der Waals surface area (Å²) in [6.07, 6.45) is 7.61. The zero-order chi connectivity index (χ0) is 48.5.